The van der Waals surface area contributed by atoms with Crippen LogP contribution in [0.4, 0.5) is 5.82 Å². The zero-order valence-corrected chi connectivity index (χ0v) is 13.9. The summed E-state index contributed by atoms with van der Waals surface area (Å²) >= 11 is 0. The van der Waals surface area contributed by atoms with E-state index >= 15 is 0 Å². The largest absolute Gasteiger partial charge is 0.340 e. The molecule has 1 aliphatic carbocycles. The van der Waals surface area contributed by atoms with Crippen LogP contribution in [0.2, 0.25) is 0 Å². The van der Waals surface area contributed by atoms with Crippen molar-refractivity contribution >= 4 is 17.6 Å². The summed E-state index contributed by atoms with van der Waals surface area (Å²) in [5.74, 6) is 0.122. The minimum Gasteiger partial charge on any atom is -0.340 e. The molecule has 0 saturated heterocycles. The molecular weight excluding hydrogens is 318 g/mol. The first kappa shape index (κ1) is 17.2. The van der Waals surface area contributed by atoms with Crippen molar-refractivity contribution in [2.75, 3.05) is 11.9 Å². The van der Waals surface area contributed by atoms with Gasteiger partial charge in [-0.05, 0) is 30.9 Å². The average molecular weight is 341 g/mol. The van der Waals surface area contributed by atoms with Gasteiger partial charge in [0.25, 0.3) is 5.91 Å². The van der Waals surface area contributed by atoms with E-state index in [1.54, 1.807) is 12.3 Å². The smallest absolute Gasteiger partial charge is 0.252 e. The summed E-state index contributed by atoms with van der Waals surface area (Å²) in [6.07, 6.45) is 4.33. The Morgan fingerprint density at radius 1 is 1.24 bits per heavy atom. The van der Waals surface area contributed by atoms with Crippen LogP contribution in [-0.4, -0.2) is 28.6 Å². The number of nitrogens with zero attached hydrogens (tertiary/aromatic N) is 1. The van der Waals surface area contributed by atoms with Gasteiger partial charge in [0.2, 0.25) is 5.91 Å². The second-order valence-corrected chi connectivity index (χ2v) is 6.35. The van der Waals surface area contributed by atoms with Crippen LogP contribution in [0.25, 0.3) is 0 Å². The molecule has 7 nitrogen and oxygen atoms in total. The average Bonchev–Trinajstić information content (AvgIpc) is 3.31. The molecule has 3 atom stereocenters. The van der Waals surface area contributed by atoms with E-state index in [1.165, 1.54) is 0 Å². The van der Waals surface area contributed by atoms with Gasteiger partial charge in [-0.3, -0.25) is 14.7 Å². The molecule has 1 unspecified atom stereocenters. The molecule has 25 heavy (non-hydrogen) atoms. The number of carbonyl (C=O) groups is 2. The number of hydrogen-bond donors (Lipinski definition) is 4. The fourth-order valence-electron chi connectivity index (χ4n) is 3.39. The molecule has 2 aromatic rings. The van der Waals surface area contributed by atoms with Crippen molar-refractivity contribution in [3.8, 4) is 0 Å². The number of nitrogens with one attached hydrogen (secondary N) is 3. The number of amides is 2. The van der Waals surface area contributed by atoms with Gasteiger partial charge in [0.15, 0.2) is 0 Å². The van der Waals surface area contributed by atoms with Gasteiger partial charge in [0.05, 0.1) is 6.20 Å². The van der Waals surface area contributed by atoms with Gasteiger partial charge in [-0.25, -0.2) is 0 Å². The van der Waals surface area contributed by atoms with E-state index in [0.717, 1.165) is 24.8 Å². The Bertz CT molecular complexity index is 702. The van der Waals surface area contributed by atoms with Gasteiger partial charge in [0, 0.05) is 12.0 Å². The van der Waals surface area contributed by atoms with Crippen LogP contribution in [0.3, 0.4) is 0 Å². The molecule has 1 aromatic heterocycles. The van der Waals surface area contributed by atoms with Gasteiger partial charge in [-0.1, -0.05) is 36.8 Å². The summed E-state index contributed by atoms with van der Waals surface area (Å²) in [6.45, 7) is 0.494. The molecule has 132 valence electrons. The normalized spacial score (nSPS) is 20.8. The first-order valence-corrected chi connectivity index (χ1v) is 8.54. The van der Waals surface area contributed by atoms with Crippen LogP contribution in [0, 0.1) is 11.8 Å². The SMILES string of the molecule is NC[C@H]1CCC[C@H]1C(=O)NC(C(=O)Nc1ccn[nH]1)c1ccccc1. The molecule has 0 aliphatic heterocycles. The van der Waals surface area contributed by atoms with Crippen LogP contribution in [0.5, 0.6) is 0 Å². The summed E-state index contributed by atoms with van der Waals surface area (Å²) in [4.78, 5) is 25.5. The highest BCUT2D eigenvalue weighted by atomic mass is 16.2. The molecule has 1 aromatic carbocycles. The monoisotopic (exact) mass is 341 g/mol. The van der Waals surface area contributed by atoms with Gasteiger partial charge >= 0.3 is 0 Å². The first-order chi connectivity index (χ1) is 12.2. The maximum absolute atomic E-state index is 12.7. The second-order valence-electron chi connectivity index (χ2n) is 6.35. The zero-order chi connectivity index (χ0) is 17.6. The summed E-state index contributed by atoms with van der Waals surface area (Å²) in [5, 5.41) is 12.2. The second kappa shape index (κ2) is 7.94. The molecular formula is C18H23N5O2. The molecule has 5 N–H and O–H groups in total. The van der Waals surface area contributed by atoms with Crippen molar-refractivity contribution in [2.24, 2.45) is 17.6 Å². The Balaban J connectivity index is 1.76. The van der Waals surface area contributed by atoms with E-state index in [-0.39, 0.29) is 23.7 Å². The summed E-state index contributed by atoms with van der Waals surface area (Å²) < 4.78 is 0. The van der Waals surface area contributed by atoms with Crippen molar-refractivity contribution in [1.82, 2.24) is 15.5 Å². The lowest BCUT2D eigenvalue weighted by Crippen LogP contribution is -2.41. The molecule has 7 heteroatoms. The molecule has 1 aliphatic rings. The van der Waals surface area contributed by atoms with Crippen molar-refractivity contribution in [3.05, 3.63) is 48.2 Å². The molecule has 1 saturated carbocycles. The van der Waals surface area contributed by atoms with E-state index in [9.17, 15) is 9.59 Å². The van der Waals surface area contributed by atoms with E-state index in [4.69, 9.17) is 5.73 Å². The number of hydrogen-bond acceptors (Lipinski definition) is 4. The Morgan fingerprint density at radius 2 is 2.04 bits per heavy atom. The van der Waals surface area contributed by atoms with E-state index < -0.39 is 6.04 Å². The first-order valence-electron chi connectivity index (χ1n) is 8.54. The maximum Gasteiger partial charge on any atom is 0.252 e. The van der Waals surface area contributed by atoms with Crippen LogP contribution < -0.4 is 16.4 Å². The lowest BCUT2D eigenvalue weighted by atomic mass is 9.94. The molecule has 0 radical (unpaired) electrons. The Kier molecular flexibility index (Phi) is 5.45. The summed E-state index contributed by atoms with van der Waals surface area (Å²) in [5.41, 5.74) is 6.52. The van der Waals surface area contributed by atoms with Gasteiger partial charge in [-0.15, -0.1) is 0 Å². The van der Waals surface area contributed by atoms with Crippen molar-refractivity contribution in [3.63, 3.8) is 0 Å². The van der Waals surface area contributed by atoms with Crippen LogP contribution in [-0.2, 0) is 9.59 Å². The molecule has 1 heterocycles. The number of aromatic amines is 1. The summed E-state index contributed by atoms with van der Waals surface area (Å²) in [7, 11) is 0. The Morgan fingerprint density at radius 3 is 2.72 bits per heavy atom. The minimum atomic E-state index is -0.768. The molecule has 0 spiro atoms. The number of carbonyl (C=O) groups excluding carboxylic acids is 2. The molecule has 2 amide bonds. The lowest BCUT2D eigenvalue weighted by molar-refractivity contribution is -0.130. The topological polar surface area (TPSA) is 113 Å². The Labute approximate surface area is 146 Å². The highest BCUT2D eigenvalue weighted by molar-refractivity contribution is 5.97. The van der Waals surface area contributed by atoms with Gasteiger partial charge in [0.1, 0.15) is 11.9 Å². The highest BCUT2D eigenvalue weighted by Crippen LogP contribution is 2.31. The molecule has 0 bridgehead atoms. The van der Waals surface area contributed by atoms with E-state index in [1.807, 2.05) is 30.3 Å². The third-order valence-corrected chi connectivity index (χ3v) is 4.74. The minimum absolute atomic E-state index is 0.110. The van der Waals surface area contributed by atoms with E-state index in [0.29, 0.717) is 12.4 Å². The number of rotatable bonds is 6. The predicted molar refractivity (Wildman–Crippen MR) is 94.4 cm³/mol. The summed E-state index contributed by atoms with van der Waals surface area (Å²) in [6, 6.07) is 10.1. The maximum atomic E-state index is 12.7. The standard InChI is InChI=1S/C18H23N5O2/c19-11-13-7-4-8-14(13)17(24)22-16(12-5-2-1-3-6-12)18(25)21-15-9-10-20-23-15/h1-3,5-6,9-10,13-14,16H,4,7-8,11,19H2,(H,22,24)(H2,20,21,23,25)/t13-,14-,16?/m1/s1. The molecule has 3 rings (SSSR count). The van der Waals surface area contributed by atoms with Crippen LogP contribution >= 0.6 is 0 Å². The third-order valence-electron chi connectivity index (χ3n) is 4.74. The van der Waals surface area contributed by atoms with Crippen molar-refractivity contribution < 1.29 is 9.59 Å². The fourth-order valence-corrected chi connectivity index (χ4v) is 3.39. The van der Waals surface area contributed by atoms with Gasteiger partial charge < -0.3 is 16.4 Å². The van der Waals surface area contributed by atoms with Crippen LogP contribution in [0.15, 0.2) is 42.6 Å². The fraction of sp³-hybridized carbons (Fsp3) is 0.389. The Hall–Kier alpha value is -2.67. The number of anilines is 1. The number of aromatic nitrogens is 2. The molecule has 1 fully saturated rings. The predicted octanol–water partition coefficient (Wildman–Crippen LogP) is 1.58. The number of H-pyrrole nitrogens is 1. The number of nitrogens with two attached hydrogens (primary N) is 1. The van der Waals surface area contributed by atoms with Crippen molar-refractivity contribution in [1.29, 1.82) is 0 Å². The van der Waals surface area contributed by atoms with E-state index in [2.05, 4.69) is 20.8 Å². The highest BCUT2D eigenvalue weighted by Gasteiger charge is 2.34. The van der Waals surface area contributed by atoms with Crippen LogP contribution in [0.1, 0.15) is 30.9 Å². The zero-order valence-electron chi connectivity index (χ0n) is 13.9. The third kappa shape index (κ3) is 4.06. The van der Waals surface area contributed by atoms with Crippen molar-refractivity contribution in [2.45, 2.75) is 25.3 Å². The number of benzene rings is 1. The lowest BCUT2D eigenvalue weighted by Gasteiger charge is -2.23. The van der Waals surface area contributed by atoms with Gasteiger partial charge in [-0.2, -0.15) is 5.10 Å². The quantitative estimate of drug-likeness (QED) is 0.639.